The van der Waals surface area contributed by atoms with E-state index >= 15 is 0 Å². The third-order valence-corrected chi connectivity index (χ3v) is 3.34. The number of hydrogen-bond acceptors (Lipinski definition) is 5. The van der Waals surface area contributed by atoms with Gasteiger partial charge in [-0.05, 0) is 38.5 Å². The molecule has 0 saturated carbocycles. The van der Waals surface area contributed by atoms with Crippen LogP contribution in [0, 0.1) is 6.92 Å². The Kier molecular flexibility index (Phi) is 4.88. The minimum atomic E-state index is -0.994. The Bertz CT molecular complexity index is 627. The first kappa shape index (κ1) is 16.8. The van der Waals surface area contributed by atoms with E-state index in [9.17, 15) is 14.4 Å². The van der Waals surface area contributed by atoms with E-state index in [-0.39, 0.29) is 13.2 Å². The molecule has 0 aromatic heterocycles. The highest BCUT2D eigenvalue weighted by atomic mass is 16.6. The Morgan fingerprint density at radius 2 is 2.00 bits per heavy atom. The van der Waals surface area contributed by atoms with Crippen LogP contribution in [0.1, 0.15) is 19.4 Å². The van der Waals surface area contributed by atoms with Crippen LogP contribution < -0.4 is 10.1 Å². The second-order valence-corrected chi connectivity index (χ2v) is 5.83. The summed E-state index contributed by atoms with van der Waals surface area (Å²) in [4.78, 5) is 36.1. The van der Waals surface area contributed by atoms with E-state index in [1.165, 1.54) is 0 Å². The molecule has 7 heteroatoms. The number of nitrogens with zero attached hydrogens (tertiary/aromatic N) is 1. The van der Waals surface area contributed by atoms with Crippen LogP contribution in [0.3, 0.4) is 0 Å². The van der Waals surface area contributed by atoms with Gasteiger partial charge in [0.2, 0.25) is 0 Å². The van der Waals surface area contributed by atoms with E-state index in [1.54, 1.807) is 13.8 Å². The molecule has 0 atom stereocenters. The summed E-state index contributed by atoms with van der Waals surface area (Å²) in [5.74, 6) is -0.411. The van der Waals surface area contributed by atoms with Gasteiger partial charge < -0.3 is 14.8 Å². The van der Waals surface area contributed by atoms with Crippen LogP contribution in [0.15, 0.2) is 24.3 Å². The van der Waals surface area contributed by atoms with Crippen molar-refractivity contribution < 1.29 is 23.9 Å². The second kappa shape index (κ2) is 6.68. The molecule has 1 aliphatic rings. The van der Waals surface area contributed by atoms with E-state index in [0.717, 1.165) is 10.5 Å². The maximum absolute atomic E-state index is 11.9. The summed E-state index contributed by atoms with van der Waals surface area (Å²) in [6, 6.07) is 6.91. The van der Waals surface area contributed by atoms with Gasteiger partial charge in [0.1, 0.15) is 31.0 Å². The van der Waals surface area contributed by atoms with E-state index in [2.05, 4.69) is 5.32 Å². The lowest BCUT2D eigenvalue weighted by atomic mass is 10.1. The van der Waals surface area contributed by atoms with Gasteiger partial charge in [0, 0.05) is 0 Å². The highest BCUT2D eigenvalue weighted by Crippen LogP contribution is 2.16. The first-order valence-electron chi connectivity index (χ1n) is 7.29. The smallest absolute Gasteiger partial charge is 0.326 e. The van der Waals surface area contributed by atoms with E-state index in [4.69, 9.17) is 9.47 Å². The highest BCUT2D eigenvalue weighted by molar-refractivity contribution is 6.08. The Balaban J connectivity index is 1.73. The molecule has 1 saturated heterocycles. The van der Waals surface area contributed by atoms with Gasteiger partial charge in [-0.25, -0.2) is 4.79 Å². The van der Waals surface area contributed by atoms with Crippen molar-refractivity contribution in [2.75, 3.05) is 19.8 Å². The van der Waals surface area contributed by atoms with Crippen LogP contribution in [-0.4, -0.2) is 48.1 Å². The number of carbonyl (C=O) groups excluding carboxylic acids is 3. The summed E-state index contributed by atoms with van der Waals surface area (Å²) in [6.07, 6.45) is 0. The number of benzene rings is 1. The lowest BCUT2D eigenvalue weighted by Gasteiger charge is -2.15. The lowest BCUT2D eigenvalue weighted by molar-refractivity contribution is -0.148. The molecule has 1 aromatic carbocycles. The summed E-state index contributed by atoms with van der Waals surface area (Å²) in [5, 5.41) is 2.50. The summed E-state index contributed by atoms with van der Waals surface area (Å²) in [5.41, 5.74) is 0.0757. The lowest BCUT2D eigenvalue weighted by Crippen LogP contribution is -2.41. The standard InChI is InChI=1S/C16H20N2O5/c1-11-5-4-6-12(9-11)22-7-8-23-13(19)10-18-14(20)16(2,3)17-15(18)21/h4-6,9H,7-8,10H2,1-3H3,(H,17,21). The van der Waals surface area contributed by atoms with Gasteiger partial charge in [0.05, 0.1) is 0 Å². The Hall–Kier alpha value is -2.57. The minimum Gasteiger partial charge on any atom is -0.490 e. The zero-order valence-electron chi connectivity index (χ0n) is 13.4. The molecule has 7 nitrogen and oxygen atoms in total. The van der Waals surface area contributed by atoms with Crippen LogP contribution in [0.5, 0.6) is 5.75 Å². The predicted octanol–water partition coefficient (Wildman–Crippen LogP) is 1.25. The Morgan fingerprint density at radius 1 is 1.26 bits per heavy atom. The number of hydrogen-bond donors (Lipinski definition) is 1. The van der Waals surface area contributed by atoms with Crippen LogP contribution in [0.25, 0.3) is 0 Å². The predicted molar refractivity (Wildman–Crippen MR) is 82.0 cm³/mol. The largest absolute Gasteiger partial charge is 0.490 e. The van der Waals surface area contributed by atoms with Crippen molar-refractivity contribution in [2.24, 2.45) is 0 Å². The van der Waals surface area contributed by atoms with Gasteiger partial charge in [-0.15, -0.1) is 0 Å². The van der Waals surface area contributed by atoms with E-state index in [1.807, 2.05) is 31.2 Å². The third-order valence-electron chi connectivity index (χ3n) is 3.34. The van der Waals surface area contributed by atoms with E-state index in [0.29, 0.717) is 5.75 Å². The molecule has 1 aliphatic heterocycles. The van der Waals surface area contributed by atoms with Crippen molar-refractivity contribution in [1.82, 2.24) is 10.2 Å². The average molecular weight is 320 g/mol. The molecule has 0 bridgehead atoms. The van der Waals surface area contributed by atoms with Crippen molar-refractivity contribution >= 4 is 17.9 Å². The zero-order valence-corrected chi connectivity index (χ0v) is 13.4. The Morgan fingerprint density at radius 3 is 2.61 bits per heavy atom. The average Bonchev–Trinajstić information content (AvgIpc) is 2.66. The number of urea groups is 1. The molecular weight excluding hydrogens is 300 g/mol. The van der Waals surface area contributed by atoms with Gasteiger partial charge in [-0.3, -0.25) is 14.5 Å². The van der Waals surface area contributed by atoms with Gasteiger partial charge in [0.15, 0.2) is 0 Å². The number of carbonyl (C=O) groups is 3. The van der Waals surface area contributed by atoms with Crippen LogP contribution in [0.2, 0.25) is 0 Å². The van der Waals surface area contributed by atoms with Crippen LogP contribution in [-0.2, 0) is 14.3 Å². The third kappa shape index (κ3) is 4.21. The molecule has 0 aliphatic carbocycles. The molecule has 2 rings (SSSR count). The fourth-order valence-electron chi connectivity index (χ4n) is 2.16. The maximum atomic E-state index is 11.9. The summed E-state index contributed by atoms with van der Waals surface area (Å²) < 4.78 is 10.4. The number of esters is 1. The number of aryl methyl sites for hydroxylation is 1. The summed E-state index contributed by atoms with van der Waals surface area (Å²) in [6.45, 7) is 4.94. The zero-order chi connectivity index (χ0) is 17.0. The van der Waals surface area contributed by atoms with Crippen molar-refractivity contribution in [3.05, 3.63) is 29.8 Å². The number of rotatable bonds is 6. The molecule has 0 spiro atoms. The first-order chi connectivity index (χ1) is 10.8. The maximum Gasteiger partial charge on any atom is 0.326 e. The number of imide groups is 1. The minimum absolute atomic E-state index is 0.0415. The molecule has 3 amide bonds. The molecular formula is C16H20N2O5. The SMILES string of the molecule is Cc1cccc(OCCOC(=O)CN2C(=O)NC(C)(C)C2=O)c1. The quantitative estimate of drug-likeness (QED) is 0.484. The fourth-order valence-corrected chi connectivity index (χ4v) is 2.16. The topological polar surface area (TPSA) is 84.9 Å². The monoisotopic (exact) mass is 320 g/mol. The van der Waals surface area contributed by atoms with Crippen LogP contribution >= 0.6 is 0 Å². The molecule has 1 fully saturated rings. The number of amides is 3. The van der Waals surface area contributed by atoms with Gasteiger partial charge in [-0.1, -0.05) is 12.1 Å². The molecule has 23 heavy (non-hydrogen) atoms. The normalized spacial score (nSPS) is 16.2. The molecule has 0 radical (unpaired) electrons. The van der Waals surface area contributed by atoms with Crippen molar-refractivity contribution in [3.8, 4) is 5.75 Å². The van der Waals surface area contributed by atoms with Crippen molar-refractivity contribution in [3.63, 3.8) is 0 Å². The van der Waals surface area contributed by atoms with Crippen LogP contribution in [0.4, 0.5) is 4.79 Å². The molecule has 1 N–H and O–H groups in total. The molecule has 0 unspecified atom stereocenters. The molecule has 1 aromatic rings. The van der Waals surface area contributed by atoms with Gasteiger partial charge in [-0.2, -0.15) is 0 Å². The van der Waals surface area contributed by atoms with Crippen molar-refractivity contribution in [1.29, 1.82) is 0 Å². The van der Waals surface area contributed by atoms with Crippen molar-refractivity contribution in [2.45, 2.75) is 26.3 Å². The molecule has 1 heterocycles. The summed E-state index contributed by atoms with van der Waals surface area (Å²) in [7, 11) is 0. The fraction of sp³-hybridized carbons (Fsp3) is 0.438. The second-order valence-electron chi connectivity index (χ2n) is 5.83. The van der Waals surface area contributed by atoms with E-state index < -0.39 is 30.0 Å². The van der Waals surface area contributed by atoms with Gasteiger partial charge in [0.25, 0.3) is 5.91 Å². The summed E-state index contributed by atoms with van der Waals surface area (Å²) >= 11 is 0. The molecule has 124 valence electrons. The number of ether oxygens (including phenoxy) is 2. The van der Waals surface area contributed by atoms with Gasteiger partial charge >= 0.3 is 12.0 Å². The number of nitrogens with one attached hydrogen (secondary N) is 1. The first-order valence-corrected chi connectivity index (χ1v) is 7.29. The highest BCUT2D eigenvalue weighted by Gasteiger charge is 2.45. The Labute approximate surface area is 134 Å².